The van der Waals surface area contributed by atoms with E-state index in [1.54, 1.807) is 12.1 Å². The third kappa shape index (κ3) is 1.72. The number of aromatic nitrogens is 1. The van der Waals surface area contributed by atoms with E-state index in [9.17, 15) is 5.11 Å². The van der Waals surface area contributed by atoms with Crippen LogP contribution < -0.4 is 0 Å². The Hall–Kier alpha value is -2.35. The van der Waals surface area contributed by atoms with Crippen LogP contribution in [0.5, 0.6) is 5.75 Å². The molecule has 0 saturated carbocycles. The first-order chi connectivity index (χ1) is 8.75. The second-order valence-electron chi connectivity index (χ2n) is 4.41. The molecule has 0 saturated heterocycles. The van der Waals surface area contributed by atoms with Gasteiger partial charge in [-0.25, -0.2) is 0 Å². The zero-order valence-electron chi connectivity index (χ0n) is 10.1. The van der Waals surface area contributed by atoms with Crippen LogP contribution in [-0.2, 0) is 0 Å². The lowest BCUT2D eigenvalue weighted by atomic mass is 9.97. The Labute approximate surface area is 106 Å². The summed E-state index contributed by atoms with van der Waals surface area (Å²) in [4.78, 5) is 4.29. The van der Waals surface area contributed by atoms with Gasteiger partial charge >= 0.3 is 0 Å². The molecule has 0 bridgehead atoms. The summed E-state index contributed by atoms with van der Waals surface area (Å²) < 4.78 is 0. The van der Waals surface area contributed by atoms with Gasteiger partial charge in [0.25, 0.3) is 0 Å². The van der Waals surface area contributed by atoms with Crippen molar-refractivity contribution in [1.82, 2.24) is 4.98 Å². The quantitative estimate of drug-likeness (QED) is 0.693. The Balaban J connectivity index is 2.31. The van der Waals surface area contributed by atoms with Gasteiger partial charge < -0.3 is 5.11 Å². The summed E-state index contributed by atoms with van der Waals surface area (Å²) in [5, 5.41) is 11.8. The molecule has 1 N–H and O–H groups in total. The van der Waals surface area contributed by atoms with Crippen molar-refractivity contribution in [3.63, 3.8) is 0 Å². The van der Waals surface area contributed by atoms with Gasteiger partial charge in [-0.1, -0.05) is 30.3 Å². The van der Waals surface area contributed by atoms with Gasteiger partial charge in [-0.2, -0.15) is 0 Å². The molecule has 3 aromatic rings. The summed E-state index contributed by atoms with van der Waals surface area (Å²) in [6, 6.07) is 13.6. The topological polar surface area (TPSA) is 33.1 Å². The summed E-state index contributed by atoms with van der Waals surface area (Å²) >= 11 is 0. The molecule has 0 amide bonds. The molecule has 2 heteroatoms. The summed E-state index contributed by atoms with van der Waals surface area (Å²) in [6.07, 6.45) is 3.75. The molecule has 2 aromatic carbocycles. The first-order valence-corrected chi connectivity index (χ1v) is 5.88. The van der Waals surface area contributed by atoms with Crippen molar-refractivity contribution in [1.29, 1.82) is 0 Å². The predicted octanol–water partition coefficient (Wildman–Crippen LogP) is 3.92. The van der Waals surface area contributed by atoms with Crippen molar-refractivity contribution >= 4 is 10.8 Å². The number of phenolic OH excluding ortho intramolecular Hbond substituents is 1. The van der Waals surface area contributed by atoms with Gasteiger partial charge in [0, 0.05) is 23.3 Å². The highest BCUT2D eigenvalue weighted by Gasteiger charge is 2.07. The predicted molar refractivity (Wildman–Crippen MR) is 73.6 cm³/mol. The van der Waals surface area contributed by atoms with Crippen molar-refractivity contribution in [2.45, 2.75) is 6.92 Å². The van der Waals surface area contributed by atoms with E-state index in [4.69, 9.17) is 0 Å². The van der Waals surface area contributed by atoms with Crippen LogP contribution in [0.25, 0.3) is 21.9 Å². The van der Waals surface area contributed by atoms with Gasteiger partial charge in [0.05, 0.1) is 0 Å². The van der Waals surface area contributed by atoms with Crippen LogP contribution in [0.4, 0.5) is 0 Å². The van der Waals surface area contributed by atoms with E-state index in [1.165, 1.54) is 5.39 Å². The third-order valence-electron chi connectivity index (χ3n) is 3.17. The van der Waals surface area contributed by atoms with Crippen LogP contribution in [0, 0.1) is 6.92 Å². The number of aryl methyl sites for hydroxylation is 1. The van der Waals surface area contributed by atoms with E-state index in [1.807, 2.05) is 37.5 Å². The Bertz CT molecular complexity index is 714. The number of benzene rings is 2. The van der Waals surface area contributed by atoms with Gasteiger partial charge in [-0.05, 0) is 35.6 Å². The lowest BCUT2D eigenvalue weighted by molar-refractivity contribution is 0.475. The highest BCUT2D eigenvalue weighted by Crippen LogP contribution is 2.31. The van der Waals surface area contributed by atoms with Crippen molar-refractivity contribution in [2.24, 2.45) is 0 Å². The van der Waals surface area contributed by atoms with E-state index in [0.29, 0.717) is 5.75 Å². The molecule has 88 valence electrons. The third-order valence-corrected chi connectivity index (χ3v) is 3.17. The fraction of sp³-hybridized carbons (Fsp3) is 0.0625. The number of hydrogen-bond donors (Lipinski definition) is 1. The molecule has 0 aliphatic rings. The summed E-state index contributed by atoms with van der Waals surface area (Å²) in [6.45, 7) is 2.00. The second-order valence-corrected chi connectivity index (χ2v) is 4.41. The molecular weight excluding hydrogens is 222 g/mol. The van der Waals surface area contributed by atoms with E-state index in [2.05, 4.69) is 17.1 Å². The smallest absolute Gasteiger partial charge is 0.115 e. The van der Waals surface area contributed by atoms with Gasteiger partial charge in [0.1, 0.15) is 5.75 Å². The van der Waals surface area contributed by atoms with Crippen molar-refractivity contribution in [3.05, 3.63) is 60.4 Å². The number of aromatic hydroxyl groups is 1. The number of rotatable bonds is 1. The average molecular weight is 235 g/mol. The Morgan fingerprint density at radius 3 is 2.61 bits per heavy atom. The molecule has 3 rings (SSSR count). The van der Waals surface area contributed by atoms with Gasteiger partial charge in [0.15, 0.2) is 0 Å². The standard InChI is InChI=1S/C16H13NO/c1-11-8-13(18)6-7-14(11)16-10-17-9-12-4-2-3-5-15(12)16/h2-10,18H,1H3. The number of hydrogen-bond acceptors (Lipinski definition) is 2. The zero-order chi connectivity index (χ0) is 12.5. The van der Waals surface area contributed by atoms with Gasteiger partial charge in [-0.3, -0.25) is 4.98 Å². The van der Waals surface area contributed by atoms with E-state index < -0.39 is 0 Å². The number of fused-ring (bicyclic) bond motifs is 1. The molecule has 0 atom stereocenters. The number of phenols is 1. The first kappa shape index (κ1) is 10.8. The molecule has 0 spiro atoms. The molecular formula is C16H13NO. The van der Waals surface area contributed by atoms with Crippen molar-refractivity contribution < 1.29 is 5.11 Å². The molecule has 2 nitrogen and oxygen atoms in total. The lowest BCUT2D eigenvalue weighted by Gasteiger charge is -2.09. The monoisotopic (exact) mass is 235 g/mol. The highest BCUT2D eigenvalue weighted by atomic mass is 16.3. The van der Waals surface area contributed by atoms with Crippen molar-refractivity contribution in [2.75, 3.05) is 0 Å². The molecule has 18 heavy (non-hydrogen) atoms. The summed E-state index contributed by atoms with van der Waals surface area (Å²) in [5.41, 5.74) is 3.26. The molecule has 1 heterocycles. The normalized spacial score (nSPS) is 10.7. The number of pyridine rings is 1. The minimum absolute atomic E-state index is 0.296. The van der Waals surface area contributed by atoms with E-state index in [0.717, 1.165) is 22.1 Å². The van der Waals surface area contributed by atoms with Crippen molar-refractivity contribution in [3.8, 4) is 16.9 Å². The van der Waals surface area contributed by atoms with Crippen LogP contribution in [0.3, 0.4) is 0 Å². The highest BCUT2D eigenvalue weighted by molar-refractivity contribution is 5.96. The maximum atomic E-state index is 9.48. The Kier molecular flexibility index (Phi) is 2.49. The Morgan fingerprint density at radius 2 is 1.78 bits per heavy atom. The number of nitrogens with zero attached hydrogens (tertiary/aromatic N) is 1. The molecule has 0 aliphatic carbocycles. The Morgan fingerprint density at radius 1 is 0.944 bits per heavy atom. The maximum Gasteiger partial charge on any atom is 0.115 e. The lowest BCUT2D eigenvalue weighted by Crippen LogP contribution is -1.86. The zero-order valence-corrected chi connectivity index (χ0v) is 10.1. The molecule has 0 aliphatic heterocycles. The maximum absolute atomic E-state index is 9.48. The second kappa shape index (κ2) is 4.15. The largest absolute Gasteiger partial charge is 0.508 e. The molecule has 0 unspecified atom stereocenters. The fourth-order valence-corrected chi connectivity index (χ4v) is 2.28. The minimum atomic E-state index is 0.296. The van der Waals surface area contributed by atoms with Crippen LogP contribution in [0.1, 0.15) is 5.56 Å². The first-order valence-electron chi connectivity index (χ1n) is 5.88. The average Bonchev–Trinajstić information content (AvgIpc) is 2.38. The van der Waals surface area contributed by atoms with Crippen LogP contribution >= 0.6 is 0 Å². The fourth-order valence-electron chi connectivity index (χ4n) is 2.28. The van der Waals surface area contributed by atoms with E-state index >= 15 is 0 Å². The molecule has 0 fully saturated rings. The SMILES string of the molecule is Cc1cc(O)ccc1-c1cncc2ccccc12. The van der Waals surface area contributed by atoms with Crippen LogP contribution in [-0.4, -0.2) is 10.1 Å². The molecule has 1 aromatic heterocycles. The van der Waals surface area contributed by atoms with Crippen LogP contribution in [0.15, 0.2) is 54.9 Å². The summed E-state index contributed by atoms with van der Waals surface area (Å²) in [5.74, 6) is 0.296. The van der Waals surface area contributed by atoms with Gasteiger partial charge in [-0.15, -0.1) is 0 Å². The molecule has 0 radical (unpaired) electrons. The van der Waals surface area contributed by atoms with Crippen LogP contribution in [0.2, 0.25) is 0 Å². The van der Waals surface area contributed by atoms with E-state index in [-0.39, 0.29) is 0 Å². The minimum Gasteiger partial charge on any atom is -0.508 e. The van der Waals surface area contributed by atoms with Gasteiger partial charge in [0.2, 0.25) is 0 Å². The summed E-state index contributed by atoms with van der Waals surface area (Å²) in [7, 11) is 0.